The topological polar surface area (TPSA) is 23.5 Å². The van der Waals surface area contributed by atoms with E-state index in [2.05, 4.69) is 4.90 Å². The maximum atomic E-state index is 13.3. The van der Waals surface area contributed by atoms with Crippen molar-refractivity contribution in [1.29, 1.82) is 0 Å². The summed E-state index contributed by atoms with van der Waals surface area (Å²) in [5, 5.41) is 9.64. The summed E-state index contributed by atoms with van der Waals surface area (Å²) in [4.78, 5) is 2.25. The minimum atomic E-state index is -2.44. The predicted octanol–water partition coefficient (Wildman–Crippen LogP) is 2.51. The van der Waals surface area contributed by atoms with Crippen LogP contribution < -0.4 is 0 Å². The number of alkyl halides is 2. The van der Waals surface area contributed by atoms with E-state index in [-0.39, 0.29) is 30.8 Å². The third-order valence-corrected chi connectivity index (χ3v) is 4.20. The monoisotopic (exact) mass is 247 g/mol. The Bertz CT molecular complexity index is 260. The molecule has 100 valence electrons. The molecule has 0 aromatic rings. The van der Waals surface area contributed by atoms with Crippen molar-refractivity contribution in [2.75, 3.05) is 19.6 Å². The third kappa shape index (κ3) is 3.62. The van der Waals surface area contributed by atoms with Crippen molar-refractivity contribution in [3.05, 3.63) is 0 Å². The molecule has 0 spiro atoms. The van der Waals surface area contributed by atoms with Gasteiger partial charge in [0, 0.05) is 32.5 Å². The standard InChI is InChI=1S/C13H23F2NO/c1-10-8-16(6-4-12(10)17)9-11-3-2-5-13(14,15)7-11/h10-12,17H,2-9H2,1H3. The Hall–Kier alpha value is -0.220. The largest absolute Gasteiger partial charge is 0.393 e. The number of nitrogens with zero attached hydrogens (tertiary/aromatic N) is 1. The number of aliphatic hydroxyl groups is 1. The number of rotatable bonds is 2. The van der Waals surface area contributed by atoms with Crippen LogP contribution in [0, 0.1) is 11.8 Å². The van der Waals surface area contributed by atoms with Crippen molar-refractivity contribution in [2.45, 2.75) is 51.1 Å². The summed E-state index contributed by atoms with van der Waals surface area (Å²) in [7, 11) is 0. The van der Waals surface area contributed by atoms with Crippen LogP contribution in [0.3, 0.4) is 0 Å². The van der Waals surface area contributed by atoms with Gasteiger partial charge in [-0.2, -0.15) is 0 Å². The first-order valence-electron chi connectivity index (χ1n) is 6.74. The van der Waals surface area contributed by atoms with Gasteiger partial charge in [-0.15, -0.1) is 0 Å². The first-order chi connectivity index (χ1) is 7.96. The number of likely N-dealkylation sites (tertiary alicyclic amines) is 1. The highest BCUT2D eigenvalue weighted by atomic mass is 19.3. The second kappa shape index (κ2) is 5.19. The van der Waals surface area contributed by atoms with E-state index >= 15 is 0 Å². The zero-order valence-electron chi connectivity index (χ0n) is 10.5. The molecule has 3 atom stereocenters. The lowest BCUT2D eigenvalue weighted by Gasteiger charge is -2.38. The molecule has 4 heteroatoms. The Morgan fingerprint density at radius 1 is 1.35 bits per heavy atom. The van der Waals surface area contributed by atoms with Gasteiger partial charge in [-0.25, -0.2) is 8.78 Å². The SMILES string of the molecule is CC1CN(CC2CCCC(F)(F)C2)CCC1O. The Morgan fingerprint density at radius 2 is 2.12 bits per heavy atom. The minimum Gasteiger partial charge on any atom is -0.393 e. The fourth-order valence-corrected chi connectivity index (χ4v) is 3.18. The summed E-state index contributed by atoms with van der Waals surface area (Å²) in [5.74, 6) is -2.03. The summed E-state index contributed by atoms with van der Waals surface area (Å²) in [6, 6.07) is 0. The summed E-state index contributed by atoms with van der Waals surface area (Å²) in [5.41, 5.74) is 0. The van der Waals surface area contributed by atoms with Gasteiger partial charge in [-0.05, 0) is 31.1 Å². The number of hydrogen-bond donors (Lipinski definition) is 1. The maximum Gasteiger partial charge on any atom is 0.248 e. The molecule has 1 aliphatic carbocycles. The Labute approximate surface area is 102 Å². The van der Waals surface area contributed by atoms with Crippen LogP contribution in [0.4, 0.5) is 8.78 Å². The molecular formula is C13H23F2NO. The van der Waals surface area contributed by atoms with Gasteiger partial charge in [0.2, 0.25) is 5.92 Å². The number of piperidine rings is 1. The van der Waals surface area contributed by atoms with E-state index in [0.29, 0.717) is 6.42 Å². The number of hydrogen-bond acceptors (Lipinski definition) is 2. The van der Waals surface area contributed by atoms with E-state index in [1.807, 2.05) is 6.92 Å². The molecule has 17 heavy (non-hydrogen) atoms. The van der Waals surface area contributed by atoms with Gasteiger partial charge < -0.3 is 10.0 Å². The normalized spacial score (nSPS) is 39.2. The third-order valence-electron chi connectivity index (χ3n) is 4.20. The van der Waals surface area contributed by atoms with E-state index < -0.39 is 5.92 Å². The van der Waals surface area contributed by atoms with E-state index in [9.17, 15) is 13.9 Å². The van der Waals surface area contributed by atoms with Crippen LogP contribution in [0.15, 0.2) is 0 Å². The van der Waals surface area contributed by atoms with Crippen molar-refractivity contribution in [3.63, 3.8) is 0 Å². The van der Waals surface area contributed by atoms with Gasteiger partial charge in [0.05, 0.1) is 6.10 Å². The molecule has 1 aliphatic heterocycles. The summed E-state index contributed by atoms with van der Waals surface area (Å²) < 4.78 is 26.6. The molecule has 1 heterocycles. The first-order valence-corrected chi connectivity index (χ1v) is 6.74. The lowest BCUT2D eigenvalue weighted by molar-refractivity contribution is -0.0610. The van der Waals surface area contributed by atoms with Crippen molar-refractivity contribution < 1.29 is 13.9 Å². The highest BCUT2D eigenvalue weighted by Gasteiger charge is 2.37. The molecule has 1 saturated heterocycles. The fraction of sp³-hybridized carbons (Fsp3) is 1.00. The van der Waals surface area contributed by atoms with Crippen molar-refractivity contribution in [1.82, 2.24) is 4.90 Å². The molecule has 3 unspecified atom stereocenters. The quantitative estimate of drug-likeness (QED) is 0.810. The lowest BCUT2D eigenvalue weighted by atomic mass is 9.85. The molecule has 0 aromatic carbocycles. The van der Waals surface area contributed by atoms with E-state index in [1.54, 1.807) is 0 Å². The van der Waals surface area contributed by atoms with Gasteiger partial charge >= 0.3 is 0 Å². The Balaban J connectivity index is 1.81. The van der Waals surface area contributed by atoms with E-state index in [4.69, 9.17) is 0 Å². The van der Waals surface area contributed by atoms with Crippen LogP contribution in [0.2, 0.25) is 0 Å². The Morgan fingerprint density at radius 3 is 2.76 bits per heavy atom. The van der Waals surface area contributed by atoms with Gasteiger partial charge in [0.1, 0.15) is 0 Å². The maximum absolute atomic E-state index is 13.3. The van der Waals surface area contributed by atoms with Crippen LogP contribution in [0.1, 0.15) is 39.0 Å². The van der Waals surface area contributed by atoms with Crippen LogP contribution in [-0.2, 0) is 0 Å². The molecule has 2 nitrogen and oxygen atoms in total. The molecule has 1 saturated carbocycles. The number of aliphatic hydroxyl groups excluding tert-OH is 1. The minimum absolute atomic E-state index is 0.0560. The van der Waals surface area contributed by atoms with E-state index in [1.165, 1.54) is 0 Å². The van der Waals surface area contributed by atoms with Crippen LogP contribution >= 0.6 is 0 Å². The average molecular weight is 247 g/mol. The molecule has 0 amide bonds. The average Bonchev–Trinajstić information content (AvgIpc) is 2.22. The molecule has 1 N–H and O–H groups in total. The smallest absolute Gasteiger partial charge is 0.248 e. The molecule has 2 rings (SSSR count). The van der Waals surface area contributed by atoms with Crippen molar-refractivity contribution >= 4 is 0 Å². The van der Waals surface area contributed by atoms with Gasteiger partial charge in [-0.1, -0.05) is 6.92 Å². The summed E-state index contributed by atoms with van der Waals surface area (Å²) in [6.45, 7) is 4.52. The molecular weight excluding hydrogens is 224 g/mol. The fourth-order valence-electron chi connectivity index (χ4n) is 3.18. The molecule has 0 radical (unpaired) electrons. The van der Waals surface area contributed by atoms with Gasteiger partial charge in [0.15, 0.2) is 0 Å². The first kappa shape index (κ1) is 13.2. The number of halogens is 2. The second-order valence-corrected chi connectivity index (χ2v) is 5.91. The zero-order chi connectivity index (χ0) is 12.5. The highest BCUT2D eigenvalue weighted by Crippen LogP contribution is 2.37. The van der Waals surface area contributed by atoms with Gasteiger partial charge in [0.25, 0.3) is 0 Å². The summed E-state index contributed by atoms with van der Waals surface area (Å²) >= 11 is 0. The van der Waals surface area contributed by atoms with Crippen LogP contribution in [-0.4, -0.2) is 41.7 Å². The molecule has 0 aromatic heterocycles. The van der Waals surface area contributed by atoms with Crippen LogP contribution in [0.25, 0.3) is 0 Å². The molecule has 0 bridgehead atoms. The Kier molecular flexibility index (Phi) is 4.03. The molecule has 2 fully saturated rings. The lowest BCUT2D eigenvalue weighted by Crippen LogP contribution is -2.45. The van der Waals surface area contributed by atoms with Crippen LogP contribution in [0.5, 0.6) is 0 Å². The van der Waals surface area contributed by atoms with Crippen molar-refractivity contribution in [2.24, 2.45) is 11.8 Å². The highest BCUT2D eigenvalue weighted by molar-refractivity contribution is 4.83. The zero-order valence-corrected chi connectivity index (χ0v) is 10.5. The predicted molar refractivity (Wildman–Crippen MR) is 63.1 cm³/mol. The van der Waals surface area contributed by atoms with Crippen molar-refractivity contribution in [3.8, 4) is 0 Å². The second-order valence-electron chi connectivity index (χ2n) is 5.91. The summed E-state index contributed by atoms with van der Waals surface area (Å²) in [6.07, 6.45) is 2.29. The molecule has 2 aliphatic rings. The van der Waals surface area contributed by atoms with Gasteiger partial charge in [-0.3, -0.25) is 0 Å². The van der Waals surface area contributed by atoms with E-state index in [0.717, 1.165) is 32.5 Å².